The Morgan fingerprint density at radius 2 is 2.56 bits per heavy atom. The first-order valence-electron chi connectivity index (χ1n) is 2.65. The molecule has 0 atom stereocenters. The van der Waals surface area contributed by atoms with Crippen molar-refractivity contribution in [2.24, 2.45) is 4.99 Å². The molecule has 50 valence electrons. The van der Waals surface area contributed by atoms with Crippen molar-refractivity contribution in [2.75, 3.05) is 13.2 Å². The molecule has 0 saturated carbocycles. The second-order valence-electron chi connectivity index (χ2n) is 1.38. The van der Waals surface area contributed by atoms with Gasteiger partial charge in [0.05, 0.1) is 6.61 Å². The van der Waals surface area contributed by atoms with Gasteiger partial charge in [-0.05, 0) is 6.92 Å². The molecule has 0 N–H and O–H groups in total. The number of hydrogen-bond donors (Lipinski definition) is 0. The Labute approximate surface area is 54.0 Å². The molecule has 0 unspecified atom stereocenters. The minimum absolute atomic E-state index is 0.220. The molecule has 0 spiro atoms. The summed E-state index contributed by atoms with van der Waals surface area (Å²) in [6, 6.07) is 0. The molecule has 3 heteroatoms. The zero-order chi connectivity index (χ0) is 7.11. The topological polar surface area (TPSA) is 38.7 Å². The summed E-state index contributed by atoms with van der Waals surface area (Å²) in [5, 5.41) is 0. The van der Waals surface area contributed by atoms with Crippen LogP contribution in [0.3, 0.4) is 0 Å². The third-order valence-corrected chi connectivity index (χ3v) is 0.668. The monoisotopic (exact) mass is 127 g/mol. The summed E-state index contributed by atoms with van der Waals surface area (Å²) >= 11 is 0. The molecule has 0 rings (SSSR count). The Kier molecular flexibility index (Phi) is 4.46. The van der Waals surface area contributed by atoms with Gasteiger partial charge >= 0.3 is 0 Å². The first kappa shape index (κ1) is 7.92. The summed E-state index contributed by atoms with van der Waals surface area (Å²) < 4.78 is 4.88. The maximum absolute atomic E-state index is 9.53. The molecule has 0 aromatic carbocycles. The Morgan fingerprint density at radius 3 is 3.00 bits per heavy atom. The van der Waals surface area contributed by atoms with E-state index in [-0.39, 0.29) is 6.54 Å². The standard InChI is InChI=1S/C6H9NO2/c1-3-9-6(2)4-7-5-8/h2-4H2,1H3. The van der Waals surface area contributed by atoms with Crippen LogP contribution in [0.5, 0.6) is 0 Å². The Bertz CT molecular complexity index is 136. The van der Waals surface area contributed by atoms with Gasteiger partial charge in [0.1, 0.15) is 12.3 Å². The van der Waals surface area contributed by atoms with Gasteiger partial charge in [0.25, 0.3) is 0 Å². The SMILES string of the molecule is C=C(CN=C=O)OCC. The predicted octanol–water partition coefficient (Wildman–Crippen LogP) is 0.872. The van der Waals surface area contributed by atoms with Gasteiger partial charge in [0.2, 0.25) is 6.08 Å². The van der Waals surface area contributed by atoms with Gasteiger partial charge < -0.3 is 4.74 Å². The second-order valence-corrected chi connectivity index (χ2v) is 1.38. The van der Waals surface area contributed by atoms with Crippen LogP contribution in [0.25, 0.3) is 0 Å². The van der Waals surface area contributed by atoms with Crippen molar-refractivity contribution in [3.63, 3.8) is 0 Å². The fraction of sp³-hybridized carbons (Fsp3) is 0.500. The number of nitrogens with zero attached hydrogens (tertiary/aromatic N) is 1. The predicted molar refractivity (Wildman–Crippen MR) is 33.8 cm³/mol. The van der Waals surface area contributed by atoms with Crippen LogP contribution in [0, 0.1) is 0 Å². The van der Waals surface area contributed by atoms with E-state index in [1.165, 1.54) is 6.08 Å². The molecule has 0 fully saturated rings. The van der Waals surface area contributed by atoms with Crippen molar-refractivity contribution >= 4 is 6.08 Å². The number of isocyanates is 1. The molecule has 0 bridgehead atoms. The molecule has 0 amide bonds. The summed E-state index contributed by atoms with van der Waals surface area (Å²) in [4.78, 5) is 12.8. The molecule has 0 radical (unpaired) electrons. The number of hydrogen-bond acceptors (Lipinski definition) is 3. The molecule has 0 aliphatic heterocycles. The average Bonchev–Trinajstić information content (AvgIpc) is 1.85. The maximum Gasteiger partial charge on any atom is 0.235 e. The smallest absolute Gasteiger partial charge is 0.235 e. The first-order valence-corrected chi connectivity index (χ1v) is 2.65. The van der Waals surface area contributed by atoms with Crippen molar-refractivity contribution < 1.29 is 9.53 Å². The largest absolute Gasteiger partial charge is 0.497 e. The van der Waals surface area contributed by atoms with Crippen LogP contribution in [-0.2, 0) is 9.53 Å². The van der Waals surface area contributed by atoms with Gasteiger partial charge in [-0.2, -0.15) is 4.99 Å². The van der Waals surface area contributed by atoms with Crippen LogP contribution in [0.1, 0.15) is 6.92 Å². The lowest BCUT2D eigenvalue weighted by Crippen LogP contribution is -1.92. The number of carbonyl (C=O) groups excluding carboxylic acids is 1. The Morgan fingerprint density at radius 1 is 1.89 bits per heavy atom. The Balaban J connectivity index is 3.38. The van der Waals surface area contributed by atoms with Gasteiger partial charge in [-0.15, -0.1) is 0 Å². The van der Waals surface area contributed by atoms with Crippen molar-refractivity contribution in [1.29, 1.82) is 0 Å². The average molecular weight is 127 g/mol. The molecule has 0 aromatic heterocycles. The lowest BCUT2D eigenvalue weighted by Gasteiger charge is -1.99. The van der Waals surface area contributed by atoms with E-state index in [2.05, 4.69) is 11.6 Å². The van der Waals surface area contributed by atoms with Crippen LogP contribution in [0.4, 0.5) is 0 Å². The van der Waals surface area contributed by atoms with E-state index in [0.29, 0.717) is 12.4 Å². The van der Waals surface area contributed by atoms with Crippen molar-refractivity contribution in [2.45, 2.75) is 6.92 Å². The molecule has 0 saturated heterocycles. The van der Waals surface area contributed by atoms with E-state index in [1.807, 2.05) is 6.92 Å². The summed E-state index contributed by atoms with van der Waals surface area (Å²) in [6.07, 6.45) is 1.39. The van der Waals surface area contributed by atoms with Gasteiger partial charge in [-0.25, -0.2) is 4.79 Å². The van der Waals surface area contributed by atoms with Crippen LogP contribution >= 0.6 is 0 Å². The molecule has 0 aliphatic carbocycles. The molecule has 0 aliphatic rings. The zero-order valence-corrected chi connectivity index (χ0v) is 5.39. The maximum atomic E-state index is 9.53. The highest BCUT2D eigenvalue weighted by molar-refractivity contribution is 5.33. The van der Waals surface area contributed by atoms with Crippen molar-refractivity contribution in [3.05, 3.63) is 12.3 Å². The number of aliphatic imine (C=N–C) groups is 1. The fourth-order valence-corrected chi connectivity index (χ4v) is 0.370. The van der Waals surface area contributed by atoms with E-state index in [4.69, 9.17) is 4.74 Å². The third-order valence-electron chi connectivity index (χ3n) is 0.668. The van der Waals surface area contributed by atoms with Gasteiger partial charge in [0, 0.05) is 0 Å². The normalized spacial score (nSPS) is 7.67. The molecule has 3 nitrogen and oxygen atoms in total. The van der Waals surface area contributed by atoms with Gasteiger partial charge in [-0.3, -0.25) is 0 Å². The summed E-state index contributed by atoms with van der Waals surface area (Å²) in [5.74, 6) is 0.501. The lowest BCUT2D eigenvalue weighted by molar-refractivity contribution is 0.228. The van der Waals surface area contributed by atoms with Crippen LogP contribution in [-0.4, -0.2) is 19.2 Å². The summed E-state index contributed by atoms with van der Waals surface area (Å²) in [5.41, 5.74) is 0. The van der Waals surface area contributed by atoms with Gasteiger partial charge in [0.15, 0.2) is 0 Å². The van der Waals surface area contributed by atoms with E-state index in [0.717, 1.165) is 0 Å². The van der Waals surface area contributed by atoms with E-state index >= 15 is 0 Å². The van der Waals surface area contributed by atoms with E-state index in [1.54, 1.807) is 0 Å². The highest BCUT2D eigenvalue weighted by atomic mass is 16.5. The summed E-state index contributed by atoms with van der Waals surface area (Å²) in [6.45, 7) is 6.11. The molecule has 0 heterocycles. The fourth-order valence-electron chi connectivity index (χ4n) is 0.370. The van der Waals surface area contributed by atoms with Crippen molar-refractivity contribution in [3.8, 4) is 0 Å². The number of ether oxygens (including phenoxy) is 1. The Hall–Kier alpha value is -1.08. The minimum atomic E-state index is 0.220. The zero-order valence-electron chi connectivity index (χ0n) is 5.39. The summed E-state index contributed by atoms with van der Waals surface area (Å²) in [7, 11) is 0. The quantitative estimate of drug-likeness (QED) is 0.319. The lowest BCUT2D eigenvalue weighted by atomic mass is 10.6. The third kappa shape index (κ3) is 4.78. The van der Waals surface area contributed by atoms with Gasteiger partial charge in [-0.1, -0.05) is 6.58 Å². The highest BCUT2D eigenvalue weighted by Gasteiger charge is 1.87. The minimum Gasteiger partial charge on any atom is -0.497 e. The van der Waals surface area contributed by atoms with Crippen LogP contribution in [0.15, 0.2) is 17.3 Å². The molecular formula is C6H9NO2. The molecular weight excluding hydrogens is 118 g/mol. The number of rotatable bonds is 4. The van der Waals surface area contributed by atoms with Crippen LogP contribution < -0.4 is 0 Å². The second kappa shape index (κ2) is 5.06. The molecule has 9 heavy (non-hydrogen) atoms. The van der Waals surface area contributed by atoms with Crippen LogP contribution in [0.2, 0.25) is 0 Å². The van der Waals surface area contributed by atoms with E-state index in [9.17, 15) is 4.79 Å². The highest BCUT2D eigenvalue weighted by Crippen LogP contribution is 1.91. The first-order chi connectivity index (χ1) is 4.31. The van der Waals surface area contributed by atoms with Crippen molar-refractivity contribution in [1.82, 2.24) is 0 Å². The molecule has 0 aromatic rings. The van der Waals surface area contributed by atoms with E-state index < -0.39 is 0 Å².